The minimum atomic E-state index is -0.577. The van der Waals surface area contributed by atoms with Crippen molar-refractivity contribution in [1.29, 1.82) is 0 Å². The molecule has 6 aromatic rings. The van der Waals surface area contributed by atoms with E-state index in [0.29, 0.717) is 30.8 Å². The lowest BCUT2D eigenvalue weighted by molar-refractivity contribution is -0.253. The zero-order chi connectivity index (χ0) is 41.4. The van der Waals surface area contributed by atoms with Gasteiger partial charge in [0.1, 0.15) is 0 Å². The van der Waals surface area contributed by atoms with Crippen LogP contribution in [0.5, 0.6) is 0 Å². The molecular weight excluding hydrogens is 757 g/mol. The average Bonchev–Trinajstić information content (AvgIpc) is 3.62. The van der Waals surface area contributed by atoms with E-state index >= 15 is 0 Å². The molecule has 310 valence electrons. The maximum absolute atomic E-state index is 12.9. The molecule has 3 heterocycles. The van der Waals surface area contributed by atoms with E-state index in [1.807, 2.05) is 77.4 Å². The van der Waals surface area contributed by atoms with E-state index < -0.39 is 6.29 Å². The molecular formula is C48H52N6O6. The van der Waals surface area contributed by atoms with Crippen molar-refractivity contribution in [3.05, 3.63) is 154 Å². The number of nitrogens with one attached hydrogen (secondary N) is 3. The predicted octanol–water partition coefficient (Wildman–Crippen LogP) is 7.38. The van der Waals surface area contributed by atoms with Crippen molar-refractivity contribution in [2.45, 2.75) is 76.2 Å². The number of fused-ring (bicyclic) bond motifs is 1. The summed E-state index contributed by atoms with van der Waals surface area (Å²) in [4.78, 5) is 43.3. The highest BCUT2D eigenvalue weighted by Gasteiger charge is 2.34. The van der Waals surface area contributed by atoms with E-state index in [4.69, 9.17) is 15.2 Å². The van der Waals surface area contributed by atoms with Crippen LogP contribution in [0.4, 0.5) is 11.4 Å². The molecule has 12 heteroatoms. The fourth-order valence-corrected chi connectivity index (χ4v) is 8.33. The second kappa shape index (κ2) is 18.9. The number of carbonyl (C=O) groups is 2. The molecule has 2 aliphatic rings. The van der Waals surface area contributed by atoms with Crippen LogP contribution in [0.1, 0.15) is 79.2 Å². The Morgan fingerprint density at radius 1 is 0.783 bits per heavy atom. The largest absolute Gasteiger partial charge is 0.397 e. The predicted molar refractivity (Wildman–Crippen MR) is 233 cm³/mol. The molecule has 0 bridgehead atoms. The van der Waals surface area contributed by atoms with Crippen LogP contribution in [0.15, 0.2) is 126 Å². The summed E-state index contributed by atoms with van der Waals surface area (Å²) in [6.07, 6.45) is 2.48. The van der Waals surface area contributed by atoms with Crippen LogP contribution in [0, 0.1) is 0 Å². The standard InChI is InChI=1S/C48H52N6O6/c49-40-9-1-2-10-41(40)51-46(57)14-6-13-45(56)50-29-33-7-5-8-37(27-33)34-19-21-36(22-20-34)47-59-39(28-44(60-47)35-17-15-32(31-55)16-18-35)30-53-25-23-38(24-26-53)54-43-12-4-3-11-42(43)52-48(54)58/h1-5,7-12,15-22,27,38-39,44,47,55H,6,13-14,23-26,28-31,49H2,(H,50,56)(H,51,57)(H,52,58)/t39-,44+,47+/m1/s1. The highest BCUT2D eigenvalue weighted by molar-refractivity contribution is 5.94. The summed E-state index contributed by atoms with van der Waals surface area (Å²) in [5, 5.41) is 15.4. The number of aliphatic hydroxyl groups excluding tert-OH is 1. The summed E-state index contributed by atoms with van der Waals surface area (Å²) in [7, 11) is 0. The molecule has 0 saturated carbocycles. The number of H-pyrrole nitrogens is 1. The Kier molecular flexibility index (Phi) is 12.8. The normalized spacial score (nSPS) is 18.6. The molecule has 6 N–H and O–H groups in total. The number of nitrogens with zero attached hydrogens (tertiary/aromatic N) is 2. The molecule has 60 heavy (non-hydrogen) atoms. The van der Waals surface area contributed by atoms with Gasteiger partial charge in [0, 0.05) is 57.0 Å². The molecule has 2 saturated heterocycles. The van der Waals surface area contributed by atoms with Gasteiger partial charge >= 0.3 is 5.69 Å². The van der Waals surface area contributed by atoms with Gasteiger partial charge in [0.15, 0.2) is 6.29 Å². The Balaban J connectivity index is 0.876. The van der Waals surface area contributed by atoms with Crippen molar-refractivity contribution in [2.24, 2.45) is 0 Å². The Morgan fingerprint density at radius 3 is 2.30 bits per heavy atom. The third-order valence-electron chi connectivity index (χ3n) is 11.6. The zero-order valence-electron chi connectivity index (χ0n) is 33.6. The summed E-state index contributed by atoms with van der Waals surface area (Å²) >= 11 is 0. The highest BCUT2D eigenvalue weighted by atomic mass is 16.7. The molecule has 2 amide bonds. The number of ether oxygens (including phenoxy) is 2. The Labute approximate surface area is 349 Å². The maximum atomic E-state index is 12.9. The number of anilines is 2. The summed E-state index contributed by atoms with van der Waals surface area (Å²) in [5.41, 5.74) is 14.6. The van der Waals surface area contributed by atoms with Gasteiger partial charge in [0.25, 0.3) is 0 Å². The number of benzene rings is 5. The summed E-state index contributed by atoms with van der Waals surface area (Å²) in [6.45, 7) is 2.83. The number of carbonyl (C=O) groups excluding carboxylic acids is 2. The van der Waals surface area contributed by atoms with Gasteiger partial charge in [0.05, 0.1) is 41.2 Å². The highest BCUT2D eigenvalue weighted by Crippen LogP contribution is 2.39. The molecule has 3 atom stereocenters. The Bertz CT molecular complexity index is 2450. The minimum absolute atomic E-state index is 0.0152. The average molecular weight is 809 g/mol. The van der Waals surface area contributed by atoms with E-state index in [2.05, 4.69) is 50.8 Å². The van der Waals surface area contributed by atoms with Gasteiger partial charge in [-0.2, -0.15) is 0 Å². The molecule has 5 aromatic carbocycles. The second-order valence-corrected chi connectivity index (χ2v) is 15.8. The monoisotopic (exact) mass is 808 g/mol. The van der Waals surface area contributed by atoms with Crippen LogP contribution in [0.25, 0.3) is 22.2 Å². The van der Waals surface area contributed by atoms with Crippen LogP contribution in [0.3, 0.4) is 0 Å². The van der Waals surface area contributed by atoms with Crippen LogP contribution in [-0.2, 0) is 32.2 Å². The number of aromatic amines is 1. The van der Waals surface area contributed by atoms with Gasteiger partial charge in [-0.3, -0.25) is 14.2 Å². The van der Waals surface area contributed by atoms with E-state index in [-0.39, 0.29) is 55.2 Å². The first-order chi connectivity index (χ1) is 29.3. The smallest absolute Gasteiger partial charge is 0.326 e. The molecule has 0 unspecified atom stereocenters. The number of nitrogens with two attached hydrogens (primary N) is 1. The fraction of sp³-hybridized carbons (Fsp3) is 0.312. The van der Waals surface area contributed by atoms with Crippen LogP contribution in [0.2, 0.25) is 0 Å². The maximum Gasteiger partial charge on any atom is 0.326 e. The number of likely N-dealkylation sites (tertiary alicyclic amines) is 1. The number of nitrogen functional groups attached to an aromatic ring is 1. The zero-order valence-corrected chi connectivity index (χ0v) is 33.6. The fourth-order valence-electron chi connectivity index (χ4n) is 8.33. The lowest BCUT2D eigenvalue weighted by Crippen LogP contribution is -2.43. The number of imidazole rings is 1. The molecule has 2 fully saturated rings. The van der Waals surface area contributed by atoms with Crippen molar-refractivity contribution < 1.29 is 24.2 Å². The molecule has 12 nitrogen and oxygen atoms in total. The first-order valence-corrected chi connectivity index (χ1v) is 20.8. The third kappa shape index (κ3) is 9.86. The van der Waals surface area contributed by atoms with E-state index in [9.17, 15) is 19.5 Å². The second-order valence-electron chi connectivity index (χ2n) is 15.8. The number of amides is 2. The van der Waals surface area contributed by atoms with E-state index in [1.54, 1.807) is 18.2 Å². The minimum Gasteiger partial charge on any atom is -0.397 e. The number of aliphatic hydroxyl groups is 1. The first kappa shape index (κ1) is 40.7. The first-order valence-electron chi connectivity index (χ1n) is 20.8. The topological polar surface area (TPSA) is 164 Å². The van der Waals surface area contributed by atoms with Gasteiger partial charge in [-0.05, 0) is 77.4 Å². The van der Waals surface area contributed by atoms with Crippen molar-refractivity contribution in [1.82, 2.24) is 19.8 Å². The number of rotatable bonds is 14. The van der Waals surface area contributed by atoms with Gasteiger partial charge in [-0.15, -0.1) is 0 Å². The van der Waals surface area contributed by atoms with Crippen molar-refractivity contribution in [3.63, 3.8) is 0 Å². The quantitative estimate of drug-likeness (QED) is 0.0712. The molecule has 0 spiro atoms. The van der Waals surface area contributed by atoms with Crippen LogP contribution < -0.4 is 22.1 Å². The molecule has 8 rings (SSSR count). The number of aromatic nitrogens is 2. The number of hydrogen-bond donors (Lipinski definition) is 5. The Hall–Kier alpha value is -6.05. The van der Waals surface area contributed by atoms with Crippen LogP contribution in [-0.4, -0.2) is 57.1 Å². The lowest BCUT2D eigenvalue weighted by atomic mass is 9.98. The van der Waals surface area contributed by atoms with Crippen LogP contribution >= 0.6 is 0 Å². The van der Waals surface area contributed by atoms with Crippen molar-refractivity contribution in [2.75, 3.05) is 30.7 Å². The third-order valence-corrected chi connectivity index (χ3v) is 11.6. The molecule has 2 aliphatic heterocycles. The molecule has 0 radical (unpaired) electrons. The summed E-state index contributed by atoms with van der Waals surface area (Å²) < 4.78 is 15.3. The molecule has 1 aromatic heterocycles. The molecule has 0 aliphatic carbocycles. The number of piperidine rings is 1. The lowest BCUT2D eigenvalue weighted by Gasteiger charge is -2.40. The van der Waals surface area contributed by atoms with E-state index in [1.165, 1.54) is 0 Å². The van der Waals surface area contributed by atoms with Gasteiger partial charge in [-0.1, -0.05) is 91.0 Å². The summed E-state index contributed by atoms with van der Waals surface area (Å²) in [5.74, 6) is -0.291. The van der Waals surface area contributed by atoms with Gasteiger partial charge < -0.3 is 40.8 Å². The Morgan fingerprint density at radius 2 is 1.52 bits per heavy atom. The van der Waals surface area contributed by atoms with Crippen molar-refractivity contribution in [3.8, 4) is 11.1 Å². The van der Waals surface area contributed by atoms with Gasteiger partial charge in [-0.25, -0.2) is 4.79 Å². The summed E-state index contributed by atoms with van der Waals surface area (Å²) in [6, 6.07) is 39.4. The van der Waals surface area contributed by atoms with Gasteiger partial charge in [0.2, 0.25) is 11.8 Å². The number of para-hydroxylation sites is 4. The van der Waals surface area contributed by atoms with Crippen molar-refractivity contribution >= 4 is 34.2 Å². The number of hydrogen-bond acceptors (Lipinski definition) is 8. The van der Waals surface area contributed by atoms with E-state index in [0.717, 1.165) is 76.9 Å². The SMILES string of the molecule is Nc1ccccc1NC(=O)CCCC(=O)NCc1cccc(-c2ccc([C@H]3O[C@@H](CN4CCC(n5c(=O)[nH]c6ccccc65)CC4)C[C@@H](c4ccc(CO)cc4)O3)cc2)c1.